The van der Waals surface area contributed by atoms with Gasteiger partial charge < -0.3 is 24.8 Å². The topological polar surface area (TPSA) is 108 Å². The van der Waals surface area contributed by atoms with Gasteiger partial charge in [0.15, 0.2) is 0 Å². The molecule has 4 atom stereocenters. The van der Waals surface area contributed by atoms with Crippen LogP contribution in [0, 0.1) is 11.8 Å². The van der Waals surface area contributed by atoms with Gasteiger partial charge >= 0.3 is 5.97 Å². The Morgan fingerprint density at radius 1 is 1.04 bits per heavy atom. The number of aliphatic carboxylic acids is 1. The van der Waals surface area contributed by atoms with Gasteiger partial charge in [0, 0.05) is 53.3 Å². The molecule has 12 heteroatoms. The molecule has 3 aromatic rings. The molecular formula is C35H41Cl2N3O6S. The number of rotatable bonds is 10. The number of carbonyl (C=O) groups is 3. The lowest BCUT2D eigenvalue weighted by molar-refractivity contribution is -0.144. The van der Waals surface area contributed by atoms with Gasteiger partial charge in [-0.3, -0.25) is 19.3 Å². The minimum Gasteiger partial charge on any atom is -0.481 e. The van der Waals surface area contributed by atoms with Crippen molar-refractivity contribution in [3.05, 3.63) is 63.0 Å². The van der Waals surface area contributed by atoms with Crippen molar-refractivity contribution in [2.75, 3.05) is 38.7 Å². The summed E-state index contributed by atoms with van der Waals surface area (Å²) in [7, 11) is 1.75. The van der Waals surface area contributed by atoms with Gasteiger partial charge in [0.25, 0.3) is 5.91 Å². The molecule has 2 aliphatic heterocycles. The summed E-state index contributed by atoms with van der Waals surface area (Å²) in [5.74, 6) is -0.980. The van der Waals surface area contributed by atoms with E-state index in [4.69, 9.17) is 32.7 Å². The third kappa shape index (κ3) is 7.63. The first kappa shape index (κ1) is 34.1. The standard InChI is InChI=1S/C35H41Cl2N3O6S/c1-20-15-39(17-31(20)45-2)23-13-24(18-46-25-9-7-21(8-10-25)35(43)44)40(16-23)33(41)12-22-11-29(37)30(14-28(22)36)38-34(42)27-19-47-32-6-4-3-5-26(27)32/h3-6,11,14,19-21,23-25,31H,7-10,12-13,15-18H2,1-2H3,(H,38,42)(H,43,44)/t20-,21-,23+,24+,25-,31+/m1/s1. The fourth-order valence-corrected chi connectivity index (χ4v) is 8.75. The average molecular weight is 703 g/mol. The molecule has 3 aliphatic rings. The normalized spacial score (nSPS) is 26.6. The smallest absolute Gasteiger partial charge is 0.306 e. The number of benzene rings is 2. The number of methoxy groups -OCH3 is 1. The van der Waals surface area contributed by atoms with Crippen molar-refractivity contribution in [2.45, 2.75) is 69.7 Å². The van der Waals surface area contributed by atoms with E-state index < -0.39 is 5.97 Å². The summed E-state index contributed by atoms with van der Waals surface area (Å²) < 4.78 is 13.1. The van der Waals surface area contributed by atoms with Gasteiger partial charge in [-0.15, -0.1) is 11.3 Å². The zero-order valence-electron chi connectivity index (χ0n) is 26.6. The first-order chi connectivity index (χ1) is 22.6. The van der Waals surface area contributed by atoms with Crippen LogP contribution in [0.4, 0.5) is 5.69 Å². The molecule has 0 spiro atoms. The number of anilines is 1. The van der Waals surface area contributed by atoms with Crippen LogP contribution in [0.15, 0.2) is 41.8 Å². The highest BCUT2D eigenvalue weighted by Gasteiger charge is 2.42. The van der Waals surface area contributed by atoms with Gasteiger partial charge in [0.05, 0.1) is 53.5 Å². The number of nitrogens with one attached hydrogen (secondary N) is 1. The van der Waals surface area contributed by atoms with Gasteiger partial charge in [0.2, 0.25) is 5.91 Å². The van der Waals surface area contributed by atoms with Crippen LogP contribution in [0.2, 0.25) is 10.0 Å². The monoisotopic (exact) mass is 701 g/mol. The van der Waals surface area contributed by atoms with Crippen molar-refractivity contribution < 1.29 is 29.0 Å². The van der Waals surface area contributed by atoms with Crippen LogP contribution in [0.5, 0.6) is 0 Å². The van der Waals surface area contributed by atoms with E-state index in [1.807, 2.05) is 34.5 Å². The second kappa shape index (κ2) is 14.8. The highest BCUT2D eigenvalue weighted by atomic mass is 35.5. The molecule has 0 bridgehead atoms. The SMILES string of the molecule is CO[C@H]1CN([C@H]2C[C@@H](CO[C@H]3CC[C@H](C(=O)O)CC3)N(C(=O)Cc3cc(Cl)c(NC(=O)c4csc5ccccc45)cc3Cl)C2)C[C@H]1C. The van der Waals surface area contributed by atoms with Gasteiger partial charge in [-0.1, -0.05) is 48.3 Å². The molecule has 1 saturated carbocycles. The minimum atomic E-state index is -0.738. The average Bonchev–Trinajstić information content (AvgIpc) is 3.79. The number of amides is 2. The van der Waals surface area contributed by atoms with Crippen molar-refractivity contribution in [3.63, 3.8) is 0 Å². The number of carbonyl (C=O) groups excluding carboxylic acids is 2. The van der Waals surface area contributed by atoms with E-state index in [1.54, 1.807) is 19.2 Å². The van der Waals surface area contributed by atoms with E-state index in [0.717, 1.165) is 29.6 Å². The predicted octanol–water partition coefficient (Wildman–Crippen LogP) is 6.60. The van der Waals surface area contributed by atoms with E-state index in [0.29, 0.717) is 71.6 Å². The summed E-state index contributed by atoms with van der Waals surface area (Å²) in [6.07, 6.45) is 3.65. The molecule has 6 rings (SSSR count). The van der Waals surface area contributed by atoms with Crippen LogP contribution in [-0.2, 0) is 25.5 Å². The second-order valence-corrected chi connectivity index (χ2v) is 14.9. The molecule has 2 N–H and O–H groups in total. The lowest BCUT2D eigenvalue weighted by Crippen LogP contribution is -2.41. The zero-order valence-corrected chi connectivity index (χ0v) is 29.0. The largest absolute Gasteiger partial charge is 0.481 e. The number of hydrogen-bond acceptors (Lipinski definition) is 7. The number of thiophene rings is 1. The first-order valence-electron chi connectivity index (χ1n) is 16.3. The van der Waals surface area contributed by atoms with Gasteiger partial charge in [-0.05, 0) is 61.8 Å². The summed E-state index contributed by atoms with van der Waals surface area (Å²) in [6, 6.07) is 11.1. The lowest BCUT2D eigenvalue weighted by atomic mass is 9.87. The van der Waals surface area contributed by atoms with Crippen molar-refractivity contribution in [2.24, 2.45) is 11.8 Å². The number of ether oxygens (including phenoxy) is 2. The number of halogens is 2. The lowest BCUT2D eigenvalue weighted by Gasteiger charge is -2.30. The van der Waals surface area contributed by atoms with E-state index in [2.05, 4.69) is 17.1 Å². The number of nitrogens with zero attached hydrogens (tertiary/aromatic N) is 2. The third-order valence-electron chi connectivity index (χ3n) is 10.1. The molecule has 1 aliphatic carbocycles. The molecule has 0 radical (unpaired) electrons. The van der Waals surface area contributed by atoms with Crippen LogP contribution < -0.4 is 5.32 Å². The Balaban J connectivity index is 1.13. The fourth-order valence-electron chi connectivity index (χ4n) is 7.35. The van der Waals surface area contributed by atoms with Crippen LogP contribution in [-0.4, -0.2) is 90.3 Å². The molecule has 3 fully saturated rings. The zero-order chi connectivity index (χ0) is 33.2. The Bertz CT molecular complexity index is 1630. The van der Waals surface area contributed by atoms with E-state index >= 15 is 0 Å². The number of likely N-dealkylation sites (tertiary alicyclic amines) is 2. The Kier molecular flexibility index (Phi) is 10.8. The number of hydrogen-bond donors (Lipinski definition) is 2. The Hall–Kier alpha value is -2.73. The quantitative estimate of drug-likeness (QED) is 0.245. The summed E-state index contributed by atoms with van der Waals surface area (Å²) in [4.78, 5) is 42.8. The molecule has 2 saturated heterocycles. The molecule has 1 aromatic heterocycles. The third-order valence-corrected chi connectivity index (χ3v) is 11.7. The molecule has 47 heavy (non-hydrogen) atoms. The summed E-state index contributed by atoms with van der Waals surface area (Å²) in [5, 5.41) is 15.6. The maximum Gasteiger partial charge on any atom is 0.306 e. The van der Waals surface area contributed by atoms with Crippen LogP contribution in [0.1, 0.15) is 54.9 Å². The van der Waals surface area contributed by atoms with Crippen LogP contribution in [0.25, 0.3) is 10.1 Å². The predicted molar refractivity (Wildman–Crippen MR) is 185 cm³/mol. The van der Waals surface area contributed by atoms with Gasteiger partial charge in [0.1, 0.15) is 0 Å². The van der Waals surface area contributed by atoms with Gasteiger partial charge in [-0.2, -0.15) is 0 Å². The van der Waals surface area contributed by atoms with Crippen molar-refractivity contribution in [1.82, 2.24) is 9.80 Å². The number of carboxylic acid groups (broad SMARTS) is 1. The Labute approximate surface area is 289 Å². The van der Waals surface area contributed by atoms with Crippen molar-refractivity contribution >= 4 is 68.1 Å². The maximum absolute atomic E-state index is 13.9. The van der Waals surface area contributed by atoms with Crippen molar-refractivity contribution in [3.8, 4) is 0 Å². The Morgan fingerprint density at radius 3 is 2.53 bits per heavy atom. The Morgan fingerprint density at radius 2 is 1.81 bits per heavy atom. The van der Waals surface area contributed by atoms with E-state index in [1.165, 1.54) is 11.3 Å². The second-order valence-electron chi connectivity index (χ2n) is 13.1. The molecule has 3 heterocycles. The van der Waals surface area contributed by atoms with E-state index in [9.17, 15) is 19.5 Å². The van der Waals surface area contributed by atoms with Crippen LogP contribution in [0.3, 0.4) is 0 Å². The molecule has 252 valence electrons. The molecule has 0 unspecified atom stereocenters. The molecular weight excluding hydrogens is 661 g/mol. The minimum absolute atomic E-state index is 0.00522. The van der Waals surface area contributed by atoms with Gasteiger partial charge in [-0.25, -0.2) is 0 Å². The molecule has 2 aromatic carbocycles. The first-order valence-corrected chi connectivity index (χ1v) is 17.9. The van der Waals surface area contributed by atoms with Crippen molar-refractivity contribution in [1.29, 1.82) is 0 Å². The highest BCUT2D eigenvalue weighted by Crippen LogP contribution is 2.34. The van der Waals surface area contributed by atoms with Crippen LogP contribution >= 0.6 is 34.5 Å². The fraction of sp³-hybridized carbons (Fsp3) is 0.514. The number of carboxylic acids is 1. The molecule has 2 amide bonds. The summed E-state index contributed by atoms with van der Waals surface area (Å²) in [5.41, 5.74) is 1.53. The summed E-state index contributed by atoms with van der Waals surface area (Å²) >= 11 is 14.8. The summed E-state index contributed by atoms with van der Waals surface area (Å²) in [6.45, 7) is 4.91. The molecule has 9 nitrogen and oxygen atoms in total. The maximum atomic E-state index is 13.9. The van der Waals surface area contributed by atoms with E-state index in [-0.39, 0.29) is 48.4 Å². The highest BCUT2D eigenvalue weighted by molar-refractivity contribution is 7.17. The number of fused-ring (bicyclic) bond motifs is 1.